The predicted molar refractivity (Wildman–Crippen MR) is 101 cm³/mol. The fourth-order valence-corrected chi connectivity index (χ4v) is 2.86. The molecule has 4 rings (SSSR count). The van der Waals surface area contributed by atoms with Crippen molar-refractivity contribution in [1.82, 2.24) is 9.38 Å². The number of nitrogens with zero attached hydrogens (tertiary/aromatic N) is 2. The first-order chi connectivity index (χ1) is 12.2. The molecule has 0 saturated heterocycles. The van der Waals surface area contributed by atoms with Crippen LogP contribution in [0, 0.1) is 6.92 Å². The summed E-state index contributed by atoms with van der Waals surface area (Å²) < 4.78 is 8.03. The predicted octanol–water partition coefficient (Wildman–Crippen LogP) is 4.47. The molecule has 0 bridgehead atoms. The largest absolute Gasteiger partial charge is 0.485 e. The van der Waals surface area contributed by atoms with E-state index >= 15 is 0 Å². The fourth-order valence-electron chi connectivity index (χ4n) is 2.86. The maximum Gasteiger partial charge on any atom is 0.180 e. The number of aromatic nitrogens is 2. The Morgan fingerprint density at radius 3 is 2.76 bits per heavy atom. The highest BCUT2D eigenvalue weighted by molar-refractivity contribution is 5.68. The van der Waals surface area contributed by atoms with Crippen molar-refractivity contribution >= 4 is 11.3 Å². The first kappa shape index (κ1) is 15.3. The number of imidazole rings is 1. The van der Waals surface area contributed by atoms with Gasteiger partial charge in [-0.2, -0.15) is 0 Å². The summed E-state index contributed by atoms with van der Waals surface area (Å²) >= 11 is 0. The fraction of sp³-hybridized carbons (Fsp3) is 0.0952. The highest BCUT2D eigenvalue weighted by Crippen LogP contribution is 2.26. The van der Waals surface area contributed by atoms with Gasteiger partial charge in [0.05, 0.1) is 5.69 Å². The van der Waals surface area contributed by atoms with Crippen LogP contribution >= 0.6 is 0 Å². The average Bonchev–Trinajstić information content (AvgIpc) is 3.06. The summed E-state index contributed by atoms with van der Waals surface area (Å²) in [7, 11) is 0. The molecule has 2 aromatic carbocycles. The molecule has 2 heterocycles. The molecule has 0 fully saturated rings. The maximum absolute atomic E-state index is 6.05. The molecule has 0 aliphatic rings. The Kier molecular flexibility index (Phi) is 3.86. The summed E-state index contributed by atoms with van der Waals surface area (Å²) in [5, 5.41) is 0. The molecule has 0 spiro atoms. The van der Waals surface area contributed by atoms with Gasteiger partial charge in [-0.05, 0) is 42.3 Å². The van der Waals surface area contributed by atoms with Crippen LogP contribution in [0.3, 0.4) is 0 Å². The quantitative estimate of drug-likeness (QED) is 0.562. The van der Waals surface area contributed by atoms with Crippen molar-refractivity contribution in [2.24, 2.45) is 0 Å². The molecule has 25 heavy (non-hydrogen) atoms. The number of anilines is 1. The molecule has 0 aliphatic carbocycles. The third-order valence-electron chi connectivity index (χ3n) is 4.27. The number of nitrogen functional groups attached to an aromatic ring is 1. The number of fused-ring (bicyclic) bond motifs is 1. The molecule has 124 valence electrons. The van der Waals surface area contributed by atoms with Gasteiger partial charge in [-0.1, -0.05) is 36.4 Å². The van der Waals surface area contributed by atoms with Gasteiger partial charge in [-0.3, -0.25) is 0 Å². The number of ether oxygens (including phenoxy) is 1. The smallest absolute Gasteiger partial charge is 0.180 e. The van der Waals surface area contributed by atoms with Crippen molar-refractivity contribution < 1.29 is 4.74 Å². The minimum absolute atomic E-state index is 0.521. The monoisotopic (exact) mass is 329 g/mol. The van der Waals surface area contributed by atoms with Gasteiger partial charge in [0.25, 0.3) is 0 Å². The van der Waals surface area contributed by atoms with Gasteiger partial charge in [-0.15, -0.1) is 0 Å². The summed E-state index contributed by atoms with van der Waals surface area (Å²) in [5.41, 5.74) is 11.7. The van der Waals surface area contributed by atoms with Crippen LogP contribution in [0.5, 0.6) is 5.75 Å². The summed E-state index contributed by atoms with van der Waals surface area (Å²) in [5.74, 6) is 0.765. The molecule has 0 amide bonds. The molecule has 2 N–H and O–H groups in total. The molecule has 0 saturated carbocycles. The molecule has 4 nitrogen and oxygen atoms in total. The van der Waals surface area contributed by atoms with E-state index in [0.29, 0.717) is 6.61 Å². The van der Waals surface area contributed by atoms with Crippen LogP contribution in [0.15, 0.2) is 73.1 Å². The van der Waals surface area contributed by atoms with Gasteiger partial charge in [0, 0.05) is 23.6 Å². The lowest BCUT2D eigenvalue weighted by Crippen LogP contribution is -1.99. The third-order valence-corrected chi connectivity index (χ3v) is 4.27. The first-order valence-corrected chi connectivity index (χ1v) is 8.21. The van der Waals surface area contributed by atoms with Gasteiger partial charge < -0.3 is 14.9 Å². The maximum atomic E-state index is 6.05. The topological polar surface area (TPSA) is 52.5 Å². The van der Waals surface area contributed by atoms with Crippen molar-refractivity contribution in [3.05, 3.63) is 84.2 Å². The molecule has 0 atom stereocenters. The van der Waals surface area contributed by atoms with Crippen LogP contribution in [0.4, 0.5) is 5.69 Å². The van der Waals surface area contributed by atoms with Gasteiger partial charge in [0.2, 0.25) is 0 Å². The van der Waals surface area contributed by atoms with E-state index in [4.69, 9.17) is 15.5 Å². The SMILES string of the molecule is Cc1ccccc1COc1cccn2cc(-c3cccc(N)c3)nc12. The first-order valence-electron chi connectivity index (χ1n) is 8.21. The second-order valence-electron chi connectivity index (χ2n) is 6.07. The lowest BCUT2D eigenvalue weighted by atomic mass is 10.1. The van der Waals surface area contributed by atoms with Crippen molar-refractivity contribution in [3.8, 4) is 17.0 Å². The van der Waals surface area contributed by atoms with Gasteiger partial charge in [0.15, 0.2) is 11.4 Å². The molecular weight excluding hydrogens is 310 g/mol. The van der Waals surface area contributed by atoms with Crippen molar-refractivity contribution in [3.63, 3.8) is 0 Å². The molecule has 0 aliphatic heterocycles. The van der Waals surface area contributed by atoms with Gasteiger partial charge >= 0.3 is 0 Å². The Morgan fingerprint density at radius 1 is 1.04 bits per heavy atom. The van der Waals surface area contributed by atoms with Gasteiger partial charge in [0.1, 0.15) is 6.61 Å². The van der Waals surface area contributed by atoms with Gasteiger partial charge in [-0.25, -0.2) is 4.98 Å². The Morgan fingerprint density at radius 2 is 1.92 bits per heavy atom. The minimum atomic E-state index is 0.521. The van der Waals surface area contributed by atoms with E-state index in [2.05, 4.69) is 19.1 Å². The van der Waals surface area contributed by atoms with Crippen LogP contribution in [-0.2, 0) is 6.61 Å². The zero-order chi connectivity index (χ0) is 17.2. The lowest BCUT2D eigenvalue weighted by molar-refractivity contribution is 0.307. The van der Waals surface area contributed by atoms with Crippen molar-refractivity contribution in [2.45, 2.75) is 13.5 Å². The summed E-state index contributed by atoms with van der Waals surface area (Å²) in [6, 6.07) is 19.9. The summed E-state index contributed by atoms with van der Waals surface area (Å²) in [6.45, 7) is 2.61. The average molecular weight is 329 g/mol. The van der Waals surface area contributed by atoms with Crippen LogP contribution in [0.1, 0.15) is 11.1 Å². The third kappa shape index (κ3) is 3.06. The second-order valence-corrected chi connectivity index (χ2v) is 6.07. The Balaban J connectivity index is 1.67. The number of hydrogen-bond donors (Lipinski definition) is 1. The van der Waals surface area contributed by atoms with E-state index in [9.17, 15) is 0 Å². The number of hydrogen-bond acceptors (Lipinski definition) is 3. The Labute approximate surface area is 146 Å². The van der Waals surface area contributed by atoms with E-state index in [0.717, 1.165) is 28.3 Å². The molecule has 0 radical (unpaired) electrons. The number of nitrogens with two attached hydrogens (primary N) is 1. The highest BCUT2D eigenvalue weighted by Gasteiger charge is 2.10. The Bertz CT molecular complexity index is 1040. The van der Waals surface area contributed by atoms with Crippen LogP contribution < -0.4 is 10.5 Å². The number of rotatable bonds is 4. The number of benzene rings is 2. The van der Waals surface area contributed by atoms with E-state index in [1.54, 1.807) is 0 Å². The van der Waals surface area contributed by atoms with Crippen LogP contribution in [-0.4, -0.2) is 9.38 Å². The van der Waals surface area contributed by atoms with E-state index in [1.807, 2.05) is 65.3 Å². The number of aryl methyl sites for hydroxylation is 1. The van der Waals surface area contributed by atoms with Crippen LogP contribution in [0.25, 0.3) is 16.9 Å². The molecule has 4 heteroatoms. The van der Waals surface area contributed by atoms with Crippen molar-refractivity contribution in [1.29, 1.82) is 0 Å². The van der Waals surface area contributed by atoms with E-state index in [-0.39, 0.29) is 0 Å². The summed E-state index contributed by atoms with van der Waals surface area (Å²) in [6.07, 6.45) is 3.96. The zero-order valence-corrected chi connectivity index (χ0v) is 14.0. The molecule has 0 unspecified atom stereocenters. The molecule has 4 aromatic rings. The Hall–Kier alpha value is -3.27. The second kappa shape index (κ2) is 6.32. The highest BCUT2D eigenvalue weighted by atomic mass is 16.5. The minimum Gasteiger partial charge on any atom is -0.485 e. The number of pyridine rings is 1. The van der Waals surface area contributed by atoms with E-state index < -0.39 is 0 Å². The standard InChI is InChI=1S/C21H19N3O/c1-15-6-2-3-7-17(15)14-25-20-10-5-11-24-13-19(23-21(20)24)16-8-4-9-18(22)12-16/h2-13H,14,22H2,1H3. The molecule has 2 aromatic heterocycles. The summed E-state index contributed by atoms with van der Waals surface area (Å²) in [4.78, 5) is 4.74. The van der Waals surface area contributed by atoms with Crippen LogP contribution in [0.2, 0.25) is 0 Å². The van der Waals surface area contributed by atoms with Crippen molar-refractivity contribution in [2.75, 3.05) is 5.73 Å². The molecular formula is C21H19N3O. The normalized spacial score (nSPS) is 10.9. The zero-order valence-electron chi connectivity index (χ0n) is 14.0. The lowest BCUT2D eigenvalue weighted by Gasteiger charge is -2.09. The van der Waals surface area contributed by atoms with E-state index in [1.165, 1.54) is 11.1 Å².